The Labute approximate surface area is 112 Å². The van der Waals surface area contributed by atoms with E-state index >= 15 is 0 Å². The average molecular weight is 292 g/mol. The van der Waals surface area contributed by atoms with Crippen molar-refractivity contribution in [2.75, 3.05) is 12.3 Å². The summed E-state index contributed by atoms with van der Waals surface area (Å²) >= 11 is 1.09. The lowest BCUT2D eigenvalue weighted by Gasteiger charge is -2.30. The van der Waals surface area contributed by atoms with Crippen LogP contribution in [0.5, 0.6) is 0 Å². The minimum absolute atomic E-state index is 0.0585. The molecule has 5 nitrogen and oxygen atoms in total. The molecule has 4 N–H and O–H groups in total. The lowest BCUT2D eigenvalue weighted by molar-refractivity contribution is 0.214. The van der Waals surface area contributed by atoms with Gasteiger partial charge in [0.05, 0.1) is 0 Å². The molecule has 7 heteroatoms. The lowest BCUT2D eigenvalue weighted by atomic mass is 9.86. The van der Waals surface area contributed by atoms with Crippen molar-refractivity contribution in [2.45, 2.75) is 37.4 Å². The first-order chi connectivity index (χ1) is 8.16. The van der Waals surface area contributed by atoms with Gasteiger partial charge in [-0.1, -0.05) is 20.8 Å². The maximum atomic E-state index is 12.1. The summed E-state index contributed by atoms with van der Waals surface area (Å²) < 4.78 is 27.1. The molecule has 0 spiro atoms. The van der Waals surface area contributed by atoms with Crippen molar-refractivity contribution in [3.05, 3.63) is 11.4 Å². The maximum absolute atomic E-state index is 12.1. The van der Waals surface area contributed by atoms with Gasteiger partial charge >= 0.3 is 0 Å². The Morgan fingerprint density at radius 1 is 1.50 bits per heavy atom. The smallest absolute Gasteiger partial charge is 0.250 e. The lowest BCUT2D eigenvalue weighted by Crippen LogP contribution is -2.44. The fraction of sp³-hybridized carbons (Fsp3) is 0.636. The summed E-state index contributed by atoms with van der Waals surface area (Å²) in [4.78, 5) is 0. The van der Waals surface area contributed by atoms with Gasteiger partial charge in [0.15, 0.2) is 0 Å². The van der Waals surface area contributed by atoms with Crippen LogP contribution in [0.25, 0.3) is 0 Å². The maximum Gasteiger partial charge on any atom is 0.250 e. The highest BCUT2D eigenvalue weighted by Gasteiger charge is 2.29. The molecule has 0 saturated heterocycles. The van der Waals surface area contributed by atoms with Gasteiger partial charge in [-0.05, 0) is 17.9 Å². The van der Waals surface area contributed by atoms with Gasteiger partial charge in [0.1, 0.15) is 4.21 Å². The minimum Gasteiger partial charge on any atom is -0.398 e. The Bertz CT molecular complexity index is 489. The van der Waals surface area contributed by atoms with Crippen molar-refractivity contribution in [2.24, 2.45) is 5.41 Å². The molecule has 1 aromatic heterocycles. The number of nitrogens with two attached hydrogens (primary N) is 1. The molecule has 0 aliphatic heterocycles. The van der Waals surface area contributed by atoms with Crippen LogP contribution >= 0.6 is 11.3 Å². The summed E-state index contributed by atoms with van der Waals surface area (Å²) in [6, 6.07) is 1.11. The van der Waals surface area contributed by atoms with Gasteiger partial charge in [-0.2, -0.15) is 0 Å². The fourth-order valence-corrected chi connectivity index (χ4v) is 4.09. The summed E-state index contributed by atoms with van der Waals surface area (Å²) in [6.07, 6.45) is 0.379. The predicted molar refractivity (Wildman–Crippen MR) is 74.0 cm³/mol. The van der Waals surface area contributed by atoms with Crippen LogP contribution in [0.1, 0.15) is 27.2 Å². The highest BCUT2D eigenvalue weighted by Crippen LogP contribution is 2.26. The Balaban J connectivity index is 2.93. The second kappa shape index (κ2) is 5.56. The molecule has 0 aromatic carbocycles. The molecule has 0 saturated carbocycles. The molecule has 0 bridgehead atoms. The number of sulfonamides is 1. The molecule has 1 unspecified atom stereocenters. The van der Waals surface area contributed by atoms with Crippen LogP contribution in [-0.2, 0) is 10.0 Å². The van der Waals surface area contributed by atoms with Gasteiger partial charge in [-0.25, -0.2) is 13.1 Å². The molecule has 18 heavy (non-hydrogen) atoms. The first-order valence-electron chi connectivity index (χ1n) is 5.64. The average Bonchev–Trinajstić information content (AvgIpc) is 2.63. The third-order valence-corrected chi connectivity index (χ3v) is 5.55. The summed E-state index contributed by atoms with van der Waals surface area (Å²) in [7, 11) is -3.57. The number of rotatable bonds is 5. The van der Waals surface area contributed by atoms with E-state index in [0.717, 1.165) is 11.3 Å². The molecule has 1 rings (SSSR count). The predicted octanol–water partition coefficient (Wildman–Crippen LogP) is 1.41. The van der Waals surface area contributed by atoms with Gasteiger partial charge < -0.3 is 10.8 Å². The topological polar surface area (TPSA) is 92.4 Å². The molecule has 0 radical (unpaired) electrons. The first kappa shape index (κ1) is 15.4. The van der Waals surface area contributed by atoms with Crippen LogP contribution < -0.4 is 10.5 Å². The van der Waals surface area contributed by atoms with E-state index in [1.165, 1.54) is 6.07 Å². The van der Waals surface area contributed by atoms with Crippen LogP contribution in [0.15, 0.2) is 15.7 Å². The third kappa shape index (κ3) is 3.94. The number of aliphatic hydroxyl groups excluding tert-OH is 1. The molecular weight excluding hydrogens is 272 g/mol. The minimum atomic E-state index is -3.57. The van der Waals surface area contributed by atoms with Crippen molar-refractivity contribution in [3.8, 4) is 0 Å². The highest BCUT2D eigenvalue weighted by molar-refractivity contribution is 7.91. The van der Waals surface area contributed by atoms with Crippen LogP contribution in [-0.4, -0.2) is 26.2 Å². The molecular formula is C11H20N2O3S2. The number of anilines is 1. The molecule has 0 fully saturated rings. The third-order valence-electron chi connectivity index (χ3n) is 2.62. The normalized spacial score (nSPS) is 14.7. The molecule has 104 valence electrons. The van der Waals surface area contributed by atoms with E-state index in [-0.39, 0.29) is 22.3 Å². The summed E-state index contributed by atoms with van der Waals surface area (Å²) in [5.41, 5.74) is 5.70. The highest BCUT2D eigenvalue weighted by atomic mass is 32.2. The van der Waals surface area contributed by atoms with Crippen LogP contribution in [0.3, 0.4) is 0 Å². The van der Waals surface area contributed by atoms with Crippen LogP contribution in [0.2, 0.25) is 0 Å². The monoisotopic (exact) mass is 292 g/mol. The second-order valence-corrected chi connectivity index (χ2v) is 8.10. The van der Waals surface area contributed by atoms with Crippen molar-refractivity contribution >= 4 is 27.0 Å². The zero-order valence-corrected chi connectivity index (χ0v) is 12.4. The zero-order valence-electron chi connectivity index (χ0n) is 10.8. The fourth-order valence-electron chi connectivity index (χ4n) is 1.51. The van der Waals surface area contributed by atoms with Crippen molar-refractivity contribution in [1.82, 2.24) is 4.72 Å². The Morgan fingerprint density at radius 2 is 2.11 bits per heavy atom. The van der Waals surface area contributed by atoms with E-state index in [0.29, 0.717) is 12.1 Å². The Kier molecular flexibility index (Phi) is 4.77. The van der Waals surface area contributed by atoms with E-state index < -0.39 is 10.0 Å². The number of thiophene rings is 1. The Hall–Kier alpha value is -0.630. The number of nitrogen functional groups attached to an aromatic ring is 1. The summed E-state index contributed by atoms with van der Waals surface area (Å²) in [6.45, 7) is 5.73. The second-order valence-electron chi connectivity index (χ2n) is 5.25. The van der Waals surface area contributed by atoms with E-state index in [1.807, 2.05) is 20.8 Å². The number of hydrogen-bond acceptors (Lipinski definition) is 5. The number of aliphatic hydroxyl groups is 1. The van der Waals surface area contributed by atoms with Crippen molar-refractivity contribution in [1.29, 1.82) is 0 Å². The molecule has 1 aromatic rings. The summed E-state index contributed by atoms with van der Waals surface area (Å²) in [5, 5.41) is 10.6. The zero-order chi connectivity index (χ0) is 14.0. The van der Waals surface area contributed by atoms with Gasteiger partial charge in [0, 0.05) is 23.7 Å². The largest absolute Gasteiger partial charge is 0.398 e. The van der Waals surface area contributed by atoms with E-state index in [1.54, 1.807) is 5.38 Å². The summed E-state index contributed by atoms with van der Waals surface area (Å²) in [5.74, 6) is 0. The van der Waals surface area contributed by atoms with Crippen molar-refractivity contribution < 1.29 is 13.5 Å². The molecule has 0 amide bonds. The molecule has 0 aliphatic carbocycles. The van der Waals surface area contributed by atoms with E-state index in [4.69, 9.17) is 10.8 Å². The van der Waals surface area contributed by atoms with E-state index in [9.17, 15) is 8.42 Å². The van der Waals surface area contributed by atoms with Gasteiger partial charge in [-0.15, -0.1) is 11.3 Å². The molecule has 0 aliphatic rings. The van der Waals surface area contributed by atoms with E-state index in [2.05, 4.69) is 4.72 Å². The number of hydrogen-bond donors (Lipinski definition) is 3. The quantitative estimate of drug-likeness (QED) is 0.765. The SMILES string of the molecule is CC(C)(C)C(CCO)NS(=O)(=O)c1cc(N)cs1. The Morgan fingerprint density at radius 3 is 2.50 bits per heavy atom. The number of nitrogens with one attached hydrogen (secondary N) is 1. The van der Waals surface area contributed by atoms with Crippen LogP contribution in [0, 0.1) is 5.41 Å². The van der Waals surface area contributed by atoms with Crippen LogP contribution in [0.4, 0.5) is 5.69 Å². The standard InChI is InChI=1S/C11H20N2O3S2/c1-11(2,3)9(4-5-14)13-18(15,16)10-6-8(12)7-17-10/h6-7,9,13-14H,4-5,12H2,1-3H3. The van der Waals surface area contributed by atoms with Gasteiger partial charge in [0.25, 0.3) is 0 Å². The van der Waals surface area contributed by atoms with Crippen molar-refractivity contribution in [3.63, 3.8) is 0 Å². The van der Waals surface area contributed by atoms with Gasteiger partial charge in [-0.3, -0.25) is 0 Å². The molecule has 1 atom stereocenters. The first-order valence-corrected chi connectivity index (χ1v) is 8.00. The molecule has 1 heterocycles. The van der Waals surface area contributed by atoms with Gasteiger partial charge in [0.2, 0.25) is 10.0 Å².